The summed E-state index contributed by atoms with van der Waals surface area (Å²) in [4.78, 5) is 18.2. The van der Waals surface area contributed by atoms with Crippen LogP contribution in [0.1, 0.15) is 13.3 Å². The number of nitrogens with zero attached hydrogens (tertiary/aromatic N) is 2. The van der Waals surface area contributed by atoms with E-state index in [0.717, 1.165) is 10.9 Å². The third-order valence-corrected chi connectivity index (χ3v) is 6.03. The number of nitrogens with one attached hydrogen (secondary N) is 1. The van der Waals surface area contributed by atoms with Gasteiger partial charge in [-0.3, -0.25) is 4.79 Å². The van der Waals surface area contributed by atoms with Crippen molar-refractivity contribution in [1.82, 2.24) is 10.3 Å². The van der Waals surface area contributed by atoms with Crippen LogP contribution in [0, 0.1) is 5.82 Å². The van der Waals surface area contributed by atoms with Crippen LogP contribution >= 0.6 is 27.5 Å². The molecule has 8 heteroatoms. The number of benzene rings is 2. The van der Waals surface area contributed by atoms with E-state index in [1.165, 1.54) is 13.0 Å². The van der Waals surface area contributed by atoms with E-state index >= 15 is 0 Å². The number of amides is 1. The molecule has 1 unspecified atom stereocenters. The van der Waals surface area contributed by atoms with Crippen LogP contribution in [0.2, 0.25) is 5.02 Å². The molecule has 1 saturated heterocycles. The number of phenols is 1. The number of rotatable bonds is 4. The van der Waals surface area contributed by atoms with Crippen LogP contribution in [0.5, 0.6) is 5.75 Å². The normalized spacial score (nSPS) is 15.9. The summed E-state index contributed by atoms with van der Waals surface area (Å²) in [6.07, 6.45) is 0.781. The highest BCUT2D eigenvalue weighted by atomic mass is 79.9. The van der Waals surface area contributed by atoms with Crippen molar-refractivity contribution in [2.24, 2.45) is 0 Å². The second-order valence-electron chi connectivity index (χ2n) is 7.49. The summed E-state index contributed by atoms with van der Waals surface area (Å²) in [5, 5.41) is 13.7. The maximum Gasteiger partial charge on any atom is 0.217 e. The number of phenolic OH excluding ortho intramolecular Hbond substituents is 1. The van der Waals surface area contributed by atoms with Crippen LogP contribution in [-0.2, 0) is 4.79 Å². The van der Waals surface area contributed by atoms with Crippen LogP contribution in [-0.4, -0.2) is 35.1 Å². The Morgan fingerprint density at radius 2 is 2.10 bits per heavy atom. The molecule has 4 rings (SSSR count). The fourth-order valence-corrected chi connectivity index (χ4v) is 4.45. The first-order chi connectivity index (χ1) is 14.8. The molecule has 2 heterocycles. The zero-order chi connectivity index (χ0) is 22.1. The van der Waals surface area contributed by atoms with Gasteiger partial charge in [-0.2, -0.15) is 0 Å². The maximum absolute atomic E-state index is 14.7. The molecule has 2 N–H and O–H groups in total. The molecule has 3 aromatic rings. The summed E-state index contributed by atoms with van der Waals surface area (Å²) in [6, 6.07) is 13.2. The number of aromatic nitrogens is 1. The summed E-state index contributed by atoms with van der Waals surface area (Å²) in [5.41, 5.74) is 1.85. The molecule has 2 aromatic carbocycles. The van der Waals surface area contributed by atoms with Gasteiger partial charge in [-0.15, -0.1) is 0 Å². The van der Waals surface area contributed by atoms with Crippen molar-refractivity contribution in [3.05, 3.63) is 63.8 Å². The topological polar surface area (TPSA) is 65.5 Å². The van der Waals surface area contributed by atoms with Crippen molar-refractivity contribution >= 4 is 39.3 Å². The van der Waals surface area contributed by atoms with E-state index in [4.69, 9.17) is 16.6 Å². The maximum atomic E-state index is 14.7. The monoisotopic (exact) mass is 503 g/mol. The van der Waals surface area contributed by atoms with Crippen molar-refractivity contribution in [2.45, 2.75) is 19.4 Å². The van der Waals surface area contributed by atoms with Crippen LogP contribution in [0.15, 0.2) is 53.0 Å². The fraction of sp³-hybridized carbons (Fsp3) is 0.217. The van der Waals surface area contributed by atoms with Gasteiger partial charge >= 0.3 is 0 Å². The van der Waals surface area contributed by atoms with E-state index in [1.807, 2.05) is 4.90 Å². The summed E-state index contributed by atoms with van der Waals surface area (Å²) in [6.45, 7) is 2.77. The first-order valence-corrected chi connectivity index (χ1v) is 11.0. The predicted molar refractivity (Wildman–Crippen MR) is 124 cm³/mol. The van der Waals surface area contributed by atoms with Gasteiger partial charge in [-0.05, 0) is 54.4 Å². The molecular formula is C23H20BrClFN3O2. The van der Waals surface area contributed by atoms with E-state index in [-0.39, 0.29) is 23.3 Å². The molecular weight excluding hydrogens is 485 g/mol. The number of anilines is 1. The molecule has 1 fully saturated rings. The van der Waals surface area contributed by atoms with E-state index in [9.17, 15) is 14.3 Å². The van der Waals surface area contributed by atoms with Gasteiger partial charge in [0.2, 0.25) is 5.91 Å². The molecule has 1 aliphatic rings. The second kappa shape index (κ2) is 8.85. The Bertz CT molecular complexity index is 1140. The standard InChI is InChI=1S/C23H20BrClFN3O2/c1-13(30)27-16-7-8-29(12-16)22-10-14(23-18(25)3-2-4-19(23)26)9-20(28-22)17-11-15(24)5-6-21(17)31/h2-6,9-11,16,31H,7-8,12H2,1H3,(H,27,30). The molecule has 0 saturated carbocycles. The highest BCUT2D eigenvalue weighted by molar-refractivity contribution is 9.10. The first kappa shape index (κ1) is 21.6. The lowest BCUT2D eigenvalue weighted by Crippen LogP contribution is -2.35. The van der Waals surface area contributed by atoms with Crippen molar-refractivity contribution < 1.29 is 14.3 Å². The van der Waals surface area contributed by atoms with Crippen LogP contribution in [0.3, 0.4) is 0 Å². The Labute approximate surface area is 193 Å². The lowest BCUT2D eigenvalue weighted by molar-refractivity contribution is -0.119. The molecule has 1 amide bonds. The molecule has 0 spiro atoms. The Kier molecular flexibility index (Phi) is 6.16. The fourth-order valence-electron chi connectivity index (χ4n) is 3.82. The van der Waals surface area contributed by atoms with Gasteiger partial charge in [0.05, 0.1) is 10.7 Å². The Hall–Kier alpha value is -2.64. The van der Waals surface area contributed by atoms with Crippen molar-refractivity contribution in [3.63, 3.8) is 0 Å². The van der Waals surface area contributed by atoms with Gasteiger partial charge in [-0.25, -0.2) is 9.37 Å². The highest BCUT2D eigenvalue weighted by Gasteiger charge is 2.25. The van der Waals surface area contributed by atoms with Crippen molar-refractivity contribution in [1.29, 1.82) is 0 Å². The second-order valence-corrected chi connectivity index (χ2v) is 8.81. The number of carbonyl (C=O) groups is 1. The highest BCUT2D eigenvalue weighted by Crippen LogP contribution is 2.38. The molecule has 31 heavy (non-hydrogen) atoms. The van der Waals surface area contributed by atoms with Gasteiger partial charge in [0, 0.05) is 41.7 Å². The van der Waals surface area contributed by atoms with E-state index < -0.39 is 5.82 Å². The average Bonchev–Trinajstić information content (AvgIpc) is 3.17. The lowest BCUT2D eigenvalue weighted by Gasteiger charge is -2.20. The van der Waals surface area contributed by atoms with Crippen molar-refractivity contribution in [2.75, 3.05) is 18.0 Å². The van der Waals surface area contributed by atoms with Crippen molar-refractivity contribution in [3.8, 4) is 28.1 Å². The zero-order valence-electron chi connectivity index (χ0n) is 16.7. The first-order valence-electron chi connectivity index (χ1n) is 9.79. The molecule has 1 atom stereocenters. The minimum Gasteiger partial charge on any atom is -0.507 e. The van der Waals surface area contributed by atoms with E-state index in [1.54, 1.807) is 42.5 Å². The summed E-state index contributed by atoms with van der Waals surface area (Å²) >= 11 is 9.76. The van der Waals surface area contributed by atoms with Gasteiger partial charge in [-0.1, -0.05) is 33.6 Å². The average molecular weight is 505 g/mol. The summed E-state index contributed by atoms with van der Waals surface area (Å²) in [7, 11) is 0. The number of carbonyl (C=O) groups excluding carboxylic acids is 1. The van der Waals surface area contributed by atoms with E-state index in [2.05, 4.69) is 21.2 Å². The lowest BCUT2D eigenvalue weighted by atomic mass is 10.0. The van der Waals surface area contributed by atoms with Crippen LogP contribution in [0.4, 0.5) is 10.2 Å². The van der Waals surface area contributed by atoms with Gasteiger partial charge in [0.1, 0.15) is 17.4 Å². The number of halogens is 3. The molecule has 0 bridgehead atoms. The Morgan fingerprint density at radius 3 is 2.84 bits per heavy atom. The smallest absolute Gasteiger partial charge is 0.217 e. The molecule has 1 aromatic heterocycles. The zero-order valence-corrected chi connectivity index (χ0v) is 19.0. The minimum absolute atomic E-state index is 0.0164. The molecule has 1 aliphatic heterocycles. The number of pyridine rings is 1. The third kappa shape index (κ3) is 4.67. The van der Waals surface area contributed by atoms with Crippen LogP contribution in [0.25, 0.3) is 22.4 Å². The van der Waals surface area contributed by atoms with Gasteiger partial charge in [0.15, 0.2) is 0 Å². The van der Waals surface area contributed by atoms with Crippen LogP contribution < -0.4 is 10.2 Å². The molecule has 160 valence electrons. The number of hydrogen-bond donors (Lipinski definition) is 2. The summed E-state index contributed by atoms with van der Waals surface area (Å²) in [5.74, 6) is 0.174. The summed E-state index contributed by atoms with van der Waals surface area (Å²) < 4.78 is 15.5. The Balaban J connectivity index is 1.84. The predicted octanol–water partition coefficient (Wildman–Crippen LogP) is 5.39. The molecule has 0 aliphatic carbocycles. The third-order valence-electron chi connectivity index (χ3n) is 5.22. The number of aromatic hydroxyl groups is 1. The molecule has 5 nitrogen and oxygen atoms in total. The van der Waals surface area contributed by atoms with Gasteiger partial charge < -0.3 is 15.3 Å². The largest absolute Gasteiger partial charge is 0.507 e. The van der Waals surface area contributed by atoms with Gasteiger partial charge in [0.25, 0.3) is 0 Å². The Morgan fingerprint density at radius 1 is 1.29 bits per heavy atom. The number of hydrogen-bond acceptors (Lipinski definition) is 4. The SMILES string of the molecule is CC(=O)NC1CCN(c2cc(-c3c(F)cccc3Cl)cc(-c3cc(Br)ccc3O)n2)C1. The molecule has 0 radical (unpaired) electrons. The quantitative estimate of drug-likeness (QED) is 0.500. The minimum atomic E-state index is -0.438. The van der Waals surface area contributed by atoms with E-state index in [0.29, 0.717) is 40.8 Å².